The monoisotopic (exact) mass is 381 g/mol. The van der Waals surface area contributed by atoms with Crippen LogP contribution in [0.4, 0.5) is 0 Å². The summed E-state index contributed by atoms with van der Waals surface area (Å²) in [7, 11) is 0. The molecular weight excluding hydrogens is 354 g/mol. The first kappa shape index (κ1) is 18.1. The average molecular weight is 382 g/mol. The van der Waals surface area contributed by atoms with Crippen molar-refractivity contribution in [1.29, 1.82) is 0 Å². The molecule has 140 valence electrons. The Balaban J connectivity index is 1.34. The number of rotatable bonds is 5. The Bertz CT molecular complexity index is 938. The maximum absolute atomic E-state index is 5.47. The lowest BCUT2D eigenvalue weighted by molar-refractivity contribution is -1.03. The van der Waals surface area contributed by atoms with Crippen molar-refractivity contribution in [3.05, 3.63) is 70.5 Å². The van der Waals surface area contributed by atoms with Gasteiger partial charge in [-0.15, -0.1) is 0 Å². The molecule has 1 aliphatic heterocycles. The molecule has 27 heavy (non-hydrogen) atoms. The summed E-state index contributed by atoms with van der Waals surface area (Å²) in [5, 5.41) is 3.38. The van der Waals surface area contributed by atoms with Gasteiger partial charge in [0.05, 0.1) is 0 Å². The summed E-state index contributed by atoms with van der Waals surface area (Å²) in [5.41, 5.74) is 3.86. The van der Waals surface area contributed by atoms with Crippen molar-refractivity contribution in [1.82, 2.24) is 14.8 Å². The fourth-order valence-electron chi connectivity index (χ4n) is 3.82. The second-order valence-electron chi connectivity index (χ2n) is 7.47. The Morgan fingerprint density at radius 3 is 2.48 bits per heavy atom. The highest BCUT2D eigenvalue weighted by molar-refractivity contribution is 7.71. The predicted molar refractivity (Wildman–Crippen MR) is 109 cm³/mol. The van der Waals surface area contributed by atoms with Crippen molar-refractivity contribution >= 4 is 12.2 Å². The number of hydrogen-bond acceptors (Lipinski definition) is 2. The molecular formula is C21H27N5S+2. The van der Waals surface area contributed by atoms with Crippen molar-refractivity contribution in [2.24, 2.45) is 0 Å². The molecule has 2 heterocycles. The predicted octanol–water partition coefficient (Wildman–Crippen LogP) is 0.857. The van der Waals surface area contributed by atoms with Crippen LogP contribution in [0.2, 0.25) is 0 Å². The minimum atomic E-state index is 0.635. The van der Waals surface area contributed by atoms with Gasteiger partial charge in [-0.25, -0.2) is 4.68 Å². The molecule has 3 N–H and O–H groups in total. The second-order valence-corrected chi connectivity index (χ2v) is 7.84. The van der Waals surface area contributed by atoms with Crippen molar-refractivity contribution in [2.75, 3.05) is 26.2 Å². The fourth-order valence-corrected chi connectivity index (χ4v) is 4.02. The number of quaternary nitrogens is 2. The molecule has 1 aromatic heterocycles. The highest BCUT2D eigenvalue weighted by Crippen LogP contribution is 2.13. The molecule has 4 rings (SSSR count). The van der Waals surface area contributed by atoms with Gasteiger partial charge in [0, 0.05) is 11.1 Å². The van der Waals surface area contributed by atoms with E-state index in [4.69, 9.17) is 12.2 Å². The van der Waals surface area contributed by atoms with Crippen LogP contribution in [-0.2, 0) is 13.2 Å². The van der Waals surface area contributed by atoms with Crippen LogP contribution in [0.5, 0.6) is 0 Å². The zero-order valence-electron chi connectivity index (χ0n) is 15.7. The molecule has 0 saturated carbocycles. The largest absolute Gasteiger partial charge is 0.322 e. The third-order valence-electron chi connectivity index (χ3n) is 5.31. The number of nitrogens with one attached hydrogen (secondary N) is 3. The first-order chi connectivity index (χ1) is 13.2. The fraction of sp³-hybridized carbons (Fsp3) is 0.333. The molecule has 0 unspecified atom stereocenters. The summed E-state index contributed by atoms with van der Waals surface area (Å²) in [6.07, 6.45) is 0. The summed E-state index contributed by atoms with van der Waals surface area (Å²) in [6, 6.07) is 19.0. The molecule has 1 fully saturated rings. The number of benzene rings is 2. The van der Waals surface area contributed by atoms with Gasteiger partial charge in [-0.2, -0.15) is 4.98 Å². The Morgan fingerprint density at radius 1 is 1.00 bits per heavy atom. The number of nitrogens with zero attached hydrogens (tertiary/aromatic N) is 2. The maximum atomic E-state index is 5.47. The van der Waals surface area contributed by atoms with E-state index in [1.807, 2.05) is 22.9 Å². The van der Waals surface area contributed by atoms with E-state index in [1.54, 1.807) is 9.80 Å². The summed E-state index contributed by atoms with van der Waals surface area (Å²) in [5.74, 6) is 0.851. The van der Waals surface area contributed by atoms with Crippen LogP contribution in [0.3, 0.4) is 0 Å². The Labute approximate surface area is 165 Å². The van der Waals surface area contributed by atoms with E-state index in [0.29, 0.717) is 4.77 Å². The molecule has 6 heteroatoms. The van der Waals surface area contributed by atoms with Gasteiger partial charge < -0.3 is 9.80 Å². The Hall–Kier alpha value is -2.28. The summed E-state index contributed by atoms with van der Waals surface area (Å²) in [4.78, 5) is 7.76. The molecule has 0 spiro atoms. The van der Waals surface area contributed by atoms with Gasteiger partial charge in [-0.05, 0) is 19.1 Å². The highest BCUT2D eigenvalue weighted by Gasteiger charge is 2.23. The van der Waals surface area contributed by atoms with Crippen molar-refractivity contribution in [3.8, 4) is 11.4 Å². The van der Waals surface area contributed by atoms with Gasteiger partial charge in [0.25, 0.3) is 0 Å². The van der Waals surface area contributed by atoms with E-state index in [1.165, 1.54) is 24.2 Å². The molecule has 2 aromatic carbocycles. The van der Waals surface area contributed by atoms with Crippen molar-refractivity contribution in [3.63, 3.8) is 0 Å². The zero-order valence-corrected chi connectivity index (χ0v) is 16.6. The van der Waals surface area contributed by atoms with Gasteiger partial charge in [0.2, 0.25) is 4.77 Å². The number of aromatic nitrogens is 3. The van der Waals surface area contributed by atoms with Crippen molar-refractivity contribution < 1.29 is 9.80 Å². The number of aromatic amines is 1. The van der Waals surface area contributed by atoms with Crippen LogP contribution in [0, 0.1) is 11.7 Å². The number of piperazine rings is 1. The zero-order chi connectivity index (χ0) is 18.6. The minimum absolute atomic E-state index is 0.635. The van der Waals surface area contributed by atoms with E-state index < -0.39 is 0 Å². The molecule has 1 aliphatic rings. The van der Waals surface area contributed by atoms with Crippen LogP contribution in [0.15, 0.2) is 54.6 Å². The number of H-pyrrole nitrogens is 1. The SMILES string of the molecule is Cc1cccc(C[NH+]2CC[NH+](Cn3[nH]c(-c4ccccc4)nc3=S)CC2)c1. The average Bonchev–Trinajstić information content (AvgIpc) is 3.05. The van der Waals surface area contributed by atoms with E-state index in [0.717, 1.165) is 37.7 Å². The number of hydrogen-bond donors (Lipinski definition) is 3. The molecule has 0 radical (unpaired) electrons. The lowest BCUT2D eigenvalue weighted by Gasteiger charge is -2.29. The lowest BCUT2D eigenvalue weighted by Crippen LogP contribution is -3.27. The van der Waals surface area contributed by atoms with Gasteiger partial charge >= 0.3 is 0 Å². The van der Waals surface area contributed by atoms with E-state index >= 15 is 0 Å². The number of aryl methyl sites for hydroxylation is 1. The van der Waals surface area contributed by atoms with E-state index in [9.17, 15) is 0 Å². The van der Waals surface area contributed by atoms with Crippen LogP contribution >= 0.6 is 12.2 Å². The lowest BCUT2D eigenvalue weighted by atomic mass is 10.1. The first-order valence-electron chi connectivity index (χ1n) is 9.62. The molecule has 0 bridgehead atoms. The van der Waals surface area contributed by atoms with Crippen LogP contribution in [0.25, 0.3) is 11.4 Å². The third-order valence-corrected chi connectivity index (χ3v) is 5.62. The normalized spacial score (nSPS) is 19.9. The van der Waals surface area contributed by atoms with Crippen LogP contribution < -0.4 is 9.80 Å². The highest BCUT2D eigenvalue weighted by atomic mass is 32.1. The van der Waals surface area contributed by atoms with Crippen LogP contribution in [-0.4, -0.2) is 40.9 Å². The molecule has 5 nitrogen and oxygen atoms in total. The Kier molecular flexibility index (Phi) is 5.48. The Morgan fingerprint density at radius 2 is 1.74 bits per heavy atom. The summed E-state index contributed by atoms with van der Waals surface area (Å²) < 4.78 is 2.65. The van der Waals surface area contributed by atoms with Crippen LogP contribution in [0.1, 0.15) is 11.1 Å². The third kappa shape index (κ3) is 4.53. The molecule has 0 atom stereocenters. The van der Waals surface area contributed by atoms with Gasteiger partial charge in [0.15, 0.2) is 12.5 Å². The smallest absolute Gasteiger partial charge is 0.221 e. The van der Waals surface area contributed by atoms with E-state index in [2.05, 4.69) is 53.4 Å². The van der Waals surface area contributed by atoms with Crippen molar-refractivity contribution in [2.45, 2.75) is 20.1 Å². The first-order valence-corrected chi connectivity index (χ1v) is 10.0. The standard InChI is InChI=1S/C21H25N5S/c1-17-6-5-7-18(14-17)15-24-10-12-25(13-11-24)16-26-21(27)22-20(23-26)19-8-3-2-4-9-19/h2-9,14H,10-13,15-16H2,1H3,(H,22,23,27)/p+2. The molecule has 1 saturated heterocycles. The van der Waals surface area contributed by atoms with Gasteiger partial charge in [-0.3, -0.25) is 5.10 Å². The quantitative estimate of drug-likeness (QED) is 0.574. The van der Waals surface area contributed by atoms with Gasteiger partial charge in [-0.1, -0.05) is 60.2 Å². The molecule has 0 amide bonds. The second kappa shape index (κ2) is 8.17. The molecule has 3 aromatic rings. The maximum Gasteiger partial charge on any atom is 0.221 e. The van der Waals surface area contributed by atoms with E-state index in [-0.39, 0.29) is 0 Å². The topological polar surface area (TPSA) is 42.5 Å². The minimum Gasteiger partial charge on any atom is -0.322 e. The van der Waals surface area contributed by atoms with Gasteiger partial charge in [0.1, 0.15) is 32.7 Å². The summed E-state index contributed by atoms with van der Waals surface area (Å²) >= 11 is 5.47. The summed E-state index contributed by atoms with van der Waals surface area (Å²) in [6.45, 7) is 8.84. The molecule has 0 aliphatic carbocycles.